The molecule has 0 spiro atoms. The first kappa shape index (κ1) is 20.7. The van der Waals surface area contributed by atoms with E-state index >= 15 is 0 Å². The van der Waals surface area contributed by atoms with Crippen molar-refractivity contribution in [3.63, 3.8) is 0 Å². The number of piperidine rings is 1. The maximum Gasteiger partial charge on any atom is 0.394 e. The Labute approximate surface area is 173 Å². The lowest BCUT2D eigenvalue weighted by Gasteiger charge is -2.29. The molecule has 0 atom stereocenters. The zero-order chi connectivity index (χ0) is 21.2. The van der Waals surface area contributed by atoms with E-state index < -0.39 is 17.6 Å². The second kappa shape index (κ2) is 8.28. The number of hydrogen-bond acceptors (Lipinski definition) is 4. The highest BCUT2D eigenvalue weighted by atomic mass is 19.4. The minimum atomic E-state index is -4.15. The van der Waals surface area contributed by atoms with Gasteiger partial charge in [0.15, 0.2) is 5.82 Å². The van der Waals surface area contributed by atoms with Crippen LogP contribution in [-0.2, 0) is 0 Å². The number of carbonyl (C=O) groups excluding carboxylic acids is 1. The van der Waals surface area contributed by atoms with Gasteiger partial charge in [-0.1, -0.05) is 0 Å². The highest BCUT2D eigenvalue weighted by Gasteiger charge is 2.62. The highest BCUT2D eigenvalue weighted by Crippen LogP contribution is 2.60. The zero-order valence-corrected chi connectivity index (χ0v) is 16.8. The summed E-state index contributed by atoms with van der Waals surface area (Å²) in [6.45, 7) is 2.02. The highest BCUT2D eigenvalue weighted by molar-refractivity contribution is 5.84. The molecular formula is C21H26F3N5O. The van der Waals surface area contributed by atoms with Crippen molar-refractivity contribution in [3.8, 4) is 11.4 Å². The summed E-state index contributed by atoms with van der Waals surface area (Å²) in [5, 5.41) is 2.73. The zero-order valence-electron chi connectivity index (χ0n) is 16.8. The molecule has 1 N–H and O–H groups in total. The van der Waals surface area contributed by atoms with E-state index in [0.717, 1.165) is 37.3 Å². The van der Waals surface area contributed by atoms with Gasteiger partial charge in [0.25, 0.3) is 0 Å². The smallest absolute Gasteiger partial charge is 0.356 e. The van der Waals surface area contributed by atoms with Crippen molar-refractivity contribution >= 4 is 11.8 Å². The molecule has 2 fully saturated rings. The van der Waals surface area contributed by atoms with Gasteiger partial charge in [0, 0.05) is 38.2 Å². The van der Waals surface area contributed by atoms with Gasteiger partial charge in [0.1, 0.15) is 5.82 Å². The number of halogens is 3. The third-order valence-corrected chi connectivity index (χ3v) is 6.11. The molecule has 0 unspecified atom stereocenters. The van der Waals surface area contributed by atoms with Crippen molar-refractivity contribution < 1.29 is 18.0 Å². The summed E-state index contributed by atoms with van der Waals surface area (Å²) in [7, 11) is 0. The number of carbonyl (C=O) groups is 1. The molecule has 3 heterocycles. The van der Waals surface area contributed by atoms with Crippen molar-refractivity contribution in [1.82, 2.24) is 19.9 Å². The Morgan fingerprint density at radius 1 is 1.13 bits per heavy atom. The van der Waals surface area contributed by atoms with Gasteiger partial charge in [0.05, 0.1) is 11.0 Å². The average Bonchev–Trinajstić information content (AvgIpc) is 3.40. The Hall–Kier alpha value is -2.58. The van der Waals surface area contributed by atoms with Crippen LogP contribution >= 0.6 is 0 Å². The van der Waals surface area contributed by atoms with Gasteiger partial charge in [-0.2, -0.15) is 13.2 Å². The molecule has 1 saturated heterocycles. The molecule has 9 heteroatoms. The first-order chi connectivity index (χ1) is 14.4. The molecule has 6 nitrogen and oxygen atoms in total. The molecule has 0 aromatic carbocycles. The van der Waals surface area contributed by atoms with Gasteiger partial charge in [-0.3, -0.25) is 4.57 Å². The molecule has 2 aliphatic rings. The number of pyridine rings is 1. The first-order valence-corrected chi connectivity index (χ1v) is 10.5. The van der Waals surface area contributed by atoms with E-state index in [0.29, 0.717) is 12.2 Å². The van der Waals surface area contributed by atoms with Crippen molar-refractivity contribution in [1.29, 1.82) is 0 Å². The Bertz CT molecular complexity index is 885. The third kappa shape index (κ3) is 4.15. The fourth-order valence-corrected chi connectivity index (χ4v) is 4.13. The van der Waals surface area contributed by atoms with E-state index in [1.165, 1.54) is 11.0 Å². The second-order valence-electron chi connectivity index (χ2n) is 8.16. The number of anilines is 1. The summed E-state index contributed by atoms with van der Waals surface area (Å²) in [5.41, 5.74) is -0.759. The predicted octanol–water partition coefficient (Wildman–Crippen LogP) is 4.62. The number of aromatic nitrogens is 3. The van der Waals surface area contributed by atoms with E-state index in [9.17, 15) is 18.0 Å². The van der Waals surface area contributed by atoms with E-state index in [4.69, 9.17) is 0 Å². The molecule has 2 aromatic rings. The van der Waals surface area contributed by atoms with Gasteiger partial charge in [-0.05, 0) is 57.1 Å². The summed E-state index contributed by atoms with van der Waals surface area (Å²) >= 11 is 0. The number of amides is 1. The Morgan fingerprint density at radius 3 is 2.60 bits per heavy atom. The summed E-state index contributed by atoms with van der Waals surface area (Å²) in [4.78, 5) is 23.8. The van der Waals surface area contributed by atoms with Gasteiger partial charge >= 0.3 is 12.2 Å². The van der Waals surface area contributed by atoms with E-state index in [1.54, 1.807) is 18.6 Å². The number of imidazole rings is 1. The quantitative estimate of drug-likeness (QED) is 0.692. The number of hydrogen-bond donors (Lipinski definition) is 1. The van der Waals surface area contributed by atoms with Crippen molar-refractivity contribution in [3.05, 3.63) is 30.7 Å². The fourth-order valence-electron chi connectivity index (χ4n) is 4.13. The summed E-state index contributed by atoms with van der Waals surface area (Å²) in [6, 6.07) is 3.31. The lowest BCUT2D eigenvalue weighted by Crippen LogP contribution is -2.32. The molecule has 0 radical (unpaired) electrons. The van der Waals surface area contributed by atoms with Crippen LogP contribution in [0.1, 0.15) is 44.9 Å². The van der Waals surface area contributed by atoms with Crippen LogP contribution in [0, 0.1) is 5.41 Å². The fraction of sp³-hybridized carbons (Fsp3) is 0.571. The second-order valence-corrected chi connectivity index (χ2v) is 8.16. The van der Waals surface area contributed by atoms with Crippen LogP contribution in [0.3, 0.4) is 0 Å². The van der Waals surface area contributed by atoms with E-state index in [-0.39, 0.29) is 25.8 Å². The molecule has 1 aliphatic carbocycles. The predicted molar refractivity (Wildman–Crippen MR) is 107 cm³/mol. The molecular weight excluding hydrogens is 395 g/mol. The Morgan fingerprint density at radius 2 is 1.90 bits per heavy atom. The molecule has 30 heavy (non-hydrogen) atoms. The minimum Gasteiger partial charge on any atom is -0.356 e. The summed E-state index contributed by atoms with van der Waals surface area (Å²) in [6.07, 6.45) is 4.82. The summed E-state index contributed by atoms with van der Waals surface area (Å²) in [5.74, 6) is 1.29. The minimum absolute atomic E-state index is 0.0509. The van der Waals surface area contributed by atoms with Crippen molar-refractivity contribution in [2.45, 2.75) is 51.1 Å². The van der Waals surface area contributed by atoms with Crippen LogP contribution in [0.15, 0.2) is 30.7 Å². The number of rotatable bonds is 6. The van der Waals surface area contributed by atoms with Gasteiger partial charge in [0.2, 0.25) is 0 Å². The van der Waals surface area contributed by atoms with Crippen LogP contribution in [0.25, 0.3) is 11.4 Å². The maximum atomic E-state index is 13.0. The van der Waals surface area contributed by atoms with Gasteiger partial charge in [-0.15, -0.1) is 0 Å². The van der Waals surface area contributed by atoms with Crippen LogP contribution in [0.5, 0.6) is 0 Å². The Balaban J connectivity index is 1.42. The maximum absolute atomic E-state index is 13.0. The molecule has 1 aliphatic heterocycles. The molecule has 162 valence electrons. The third-order valence-electron chi connectivity index (χ3n) is 6.11. The Kier molecular flexibility index (Phi) is 5.71. The van der Waals surface area contributed by atoms with Gasteiger partial charge in [-0.25, -0.2) is 14.8 Å². The average molecular weight is 421 g/mol. The largest absolute Gasteiger partial charge is 0.394 e. The van der Waals surface area contributed by atoms with Crippen LogP contribution < -0.4 is 10.2 Å². The molecule has 1 saturated carbocycles. The monoisotopic (exact) mass is 421 g/mol. The van der Waals surface area contributed by atoms with Crippen molar-refractivity contribution in [2.75, 3.05) is 24.5 Å². The normalized spacial score (nSPS) is 18.3. The molecule has 4 rings (SSSR count). The molecule has 0 bridgehead atoms. The lowest BCUT2D eigenvalue weighted by molar-refractivity contribution is -0.189. The van der Waals surface area contributed by atoms with E-state index in [2.05, 4.69) is 20.2 Å². The SMILES string of the molecule is O=C(NCCCC1(C(F)(F)F)CC1)n1ccnc1-c1cccnc1N1CCCCC1. The molecule has 1 amide bonds. The molecule has 2 aromatic heterocycles. The number of alkyl halides is 3. The van der Waals surface area contributed by atoms with Crippen molar-refractivity contribution in [2.24, 2.45) is 5.41 Å². The van der Waals surface area contributed by atoms with Crippen LogP contribution in [-0.4, -0.2) is 46.4 Å². The topological polar surface area (TPSA) is 63.1 Å². The first-order valence-electron chi connectivity index (χ1n) is 10.5. The summed E-state index contributed by atoms with van der Waals surface area (Å²) < 4.78 is 40.5. The number of nitrogens with one attached hydrogen (secondary N) is 1. The van der Waals surface area contributed by atoms with E-state index in [1.807, 2.05) is 12.1 Å². The lowest BCUT2D eigenvalue weighted by atomic mass is 10.00. The van der Waals surface area contributed by atoms with Crippen LogP contribution in [0.4, 0.5) is 23.8 Å². The van der Waals surface area contributed by atoms with Gasteiger partial charge < -0.3 is 10.2 Å². The van der Waals surface area contributed by atoms with Crippen LogP contribution in [0.2, 0.25) is 0 Å². The standard InChI is InChI=1S/C21H26F3N5O/c22-21(23,24)20(8-9-20)7-5-11-27-19(30)29-15-12-26-18(29)16-6-4-10-25-17(16)28-13-2-1-3-14-28/h4,6,10,12,15H,1-3,5,7-9,11,13-14H2,(H,27,30). The number of nitrogens with zero attached hydrogens (tertiary/aromatic N) is 4.